The average Bonchev–Trinajstić information content (AvgIpc) is 3.27. The molecule has 0 fully saturated rings. The minimum atomic E-state index is 0.771. The number of nitrogens with zero attached hydrogens (tertiary/aromatic N) is 1. The number of halogens is 1. The Morgan fingerprint density at radius 3 is 2.26 bits per heavy atom. The van der Waals surface area contributed by atoms with E-state index in [1.807, 2.05) is 23.9 Å². The highest BCUT2D eigenvalue weighted by Crippen LogP contribution is 2.49. The van der Waals surface area contributed by atoms with Crippen LogP contribution in [0.1, 0.15) is 0 Å². The topological polar surface area (TPSA) is 17.0 Å². The summed E-state index contributed by atoms with van der Waals surface area (Å²) >= 11 is 8.36. The van der Waals surface area contributed by atoms with Crippen LogP contribution in [0.5, 0.6) is 0 Å². The third-order valence-corrected chi connectivity index (χ3v) is 7.97. The lowest BCUT2D eigenvalue weighted by Gasteiger charge is -2.23. The van der Waals surface area contributed by atoms with Crippen LogP contribution in [-0.2, 0) is 0 Å². The molecule has 0 spiro atoms. The molecule has 0 saturated carbocycles. The van der Waals surface area contributed by atoms with Crippen molar-refractivity contribution in [1.29, 1.82) is 0 Å². The Kier molecular flexibility index (Phi) is 4.48. The predicted octanol–water partition coefficient (Wildman–Crippen LogP) is 9.31. The molecule has 0 bridgehead atoms. The van der Waals surface area contributed by atoms with Gasteiger partial charge >= 0.3 is 0 Å². The van der Waals surface area contributed by atoms with Gasteiger partial charge in [0.25, 0.3) is 0 Å². The van der Waals surface area contributed by atoms with Crippen molar-refractivity contribution in [3.05, 3.63) is 114 Å². The quantitative estimate of drug-likeness (QED) is 0.269. The smallest absolute Gasteiger partial charge is 0.0606 e. The summed E-state index contributed by atoms with van der Waals surface area (Å²) in [4.78, 5) is 2.49. The van der Waals surface area contributed by atoms with E-state index < -0.39 is 0 Å². The predicted molar refractivity (Wildman–Crippen MR) is 145 cm³/mol. The van der Waals surface area contributed by atoms with Crippen molar-refractivity contribution in [3.8, 4) is 16.8 Å². The lowest BCUT2D eigenvalue weighted by Crippen LogP contribution is -2.01. The highest BCUT2D eigenvalue weighted by atomic mass is 35.5. The molecular formula is C30H19ClN2S. The lowest BCUT2D eigenvalue weighted by atomic mass is 10.0. The molecule has 2 nitrogen and oxygen atoms in total. The Morgan fingerprint density at radius 1 is 0.618 bits per heavy atom. The molecule has 4 heteroatoms. The third kappa shape index (κ3) is 2.98. The fourth-order valence-electron chi connectivity index (χ4n) is 4.93. The Labute approximate surface area is 206 Å². The summed E-state index contributed by atoms with van der Waals surface area (Å²) in [7, 11) is 0. The number of aromatic nitrogens is 1. The molecule has 1 N–H and O–H groups in total. The van der Waals surface area contributed by atoms with Crippen LogP contribution in [0.4, 0.5) is 11.4 Å². The van der Waals surface area contributed by atoms with Gasteiger partial charge in [0, 0.05) is 48.3 Å². The molecule has 7 rings (SSSR count). The molecule has 1 aliphatic rings. The number of hydrogen-bond acceptors (Lipinski definition) is 2. The summed E-state index contributed by atoms with van der Waals surface area (Å²) in [6, 6.07) is 36.1. The molecule has 0 radical (unpaired) electrons. The monoisotopic (exact) mass is 474 g/mol. The van der Waals surface area contributed by atoms with Gasteiger partial charge in [0.2, 0.25) is 0 Å². The maximum Gasteiger partial charge on any atom is 0.0606 e. The van der Waals surface area contributed by atoms with E-state index >= 15 is 0 Å². The molecule has 34 heavy (non-hydrogen) atoms. The van der Waals surface area contributed by atoms with Crippen molar-refractivity contribution >= 4 is 56.4 Å². The highest BCUT2D eigenvalue weighted by molar-refractivity contribution is 7.99. The van der Waals surface area contributed by atoms with Crippen molar-refractivity contribution in [1.82, 2.24) is 4.57 Å². The van der Waals surface area contributed by atoms with E-state index in [1.54, 1.807) is 0 Å². The number of benzene rings is 5. The standard InChI is InChI=1S/C30H19ClN2S/c31-24-16-17-27(20-9-2-1-8-19(20)24)33-18-23(21-10-3-5-13-26(21)33)22-11-7-15-29-30(22)32-25-12-4-6-14-28(25)34-29/h1-18,32H. The maximum absolute atomic E-state index is 6.54. The molecule has 0 saturated heterocycles. The van der Waals surface area contributed by atoms with Gasteiger partial charge in [0.05, 0.1) is 22.6 Å². The minimum absolute atomic E-state index is 0.771. The number of hydrogen-bond donors (Lipinski definition) is 1. The van der Waals surface area contributed by atoms with Crippen LogP contribution in [-0.4, -0.2) is 4.57 Å². The first kappa shape index (κ1) is 19.8. The van der Waals surface area contributed by atoms with Crippen LogP contribution in [0.25, 0.3) is 38.5 Å². The van der Waals surface area contributed by atoms with Gasteiger partial charge in [-0.2, -0.15) is 0 Å². The Morgan fingerprint density at radius 2 is 1.35 bits per heavy atom. The molecule has 0 aliphatic carbocycles. The third-order valence-electron chi connectivity index (χ3n) is 6.50. The summed E-state index contributed by atoms with van der Waals surface area (Å²) in [5.74, 6) is 0. The van der Waals surface area contributed by atoms with E-state index in [2.05, 4.69) is 107 Å². The van der Waals surface area contributed by atoms with Gasteiger partial charge in [-0.15, -0.1) is 0 Å². The molecular weight excluding hydrogens is 456 g/mol. The van der Waals surface area contributed by atoms with Crippen LogP contribution in [0.15, 0.2) is 119 Å². The average molecular weight is 475 g/mol. The van der Waals surface area contributed by atoms with Crippen LogP contribution < -0.4 is 5.32 Å². The molecule has 6 aromatic rings. The van der Waals surface area contributed by atoms with E-state index in [9.17, 15) is 0 Å². The number of para-hydroxylation sites is 3. The summed E-state index contributed by atoms with van der Waals surface area (Å²) < 4.78 is 2.30. The second-order valence-electron chi connectivity index (χ2n) is 8.44. The normalized spacial score (nSPS) is 12.4. The summed E-state index contributed by atoms with van der Waals surface area (Å²) in [5.41, 5.74) is 7.02. The zero-order valence-corrected chi connectivity index (χ0v) is 19.7. The van der Waals surface area contributed by atoms with E-state index in [4.69, 9.17) is 11.6 Å². The first-order valence-electron chi connectivity index (χ1n) is 11.2. The summed E-state index contributed by atoms with van der Waals surface area (Å²) in [5, 5.41) is 7.91. The summed E-state index contributed by atoms with van der Waals surface area (Å²) in [6.07, 6.45) is 2.27. The fraction of sp³-hybridized carbons (Fsp3) is 0. The Bertz CT molecular complexity index is 1730. The lowest BCUT2D eigenvalue weighted by molar-refractivity contribution is 1.14. The second-order valence-corrected chi connectivity index (χ2v) is 9.93. The molecule has 0 amide bonds. The fourth-order valence-corrected chi connectivity index (χ4v) is 6.18. The minimum Gasteiger partial charge on any atom is -0.353 e. The number of rotatable bonds is 2. The molecule has 5 aromatic carbocycles. The van der Waals surface area contributed by atoms with Gasteiger partial charge in [-0.05, 0) is 36.4 Å². The Hall–Kier alpha value is -3.66. The highest BCUT2D eigenvalue weighted by Gasteiger charge is 2.21. The van der Waals surface area contributed by atoms with Crippen molar-refractivity contribution in [3.63, 3.8) is 0 Å². The first-order chi connectivity index (χ1) is 16.8. The van der Waals surface area contributed by atoms with Gasteiger partial charge in [0.1, 0.15) is 0 Å². The van der Waals surface area contributed by atoms with E-state index in [1.165, 1.54) is 31.8 Å². The second kappa shape index (κ2) is 7.69. The van der Waals surface area contributed by atoms with Gasteiger partial charge in [-0.25, -0.2) is 0 Å². The van der Waals surface area contributed by atoms with E-state index in [0.717, 1.165) is 32.9 Å². The Balaban J connectivity index is 1.48. The molecule has 0 unspecified atom stereocenters. The maximum atomic E-state index is 6.54. The van der Waals surface area contributed by atoms with Crippen molar-refractivity contribution in [2.75, 3.05) is 5.32 Å². The number of anilines is 2. The zero-order chi connectivity index (χ0) is 22.6. The van der Waals surface area contributed by atoms with E-state index in [-0.39, 0.29) is 0 Å². The van der Waals surface area contributed by atoms with Crippen molar-refractivity contribution in [2.24, 2.45) is 0 Å². The first-order valence-corrected chi connectivity index (χ1v) is 12.4. The van der Waals surface area contributed by atoms with Crippen LogP contribution in [0, 0.1) is 0 Å². The largest absolute Gasteiger partial charge is 0.353 e. The molecule has 0 atom stereocenters. The number of fused-ring (bicyclic) bond motifs is 4. The van der Waals surface area contributed by atoms with E-state index in [0.29, 0.717) is 0 Å². The van der Waals surface area contributed by atoms with Gasteiger partial charge in [-0.3, -0.25) is 0 Å². The molecule has 162 valence electrons. The van der Waals surface area contributed by atoms with Crippen LogP contribution in [0.2, 0.25) is 5.02 Å². The number of nitrogens with one attached hydrogen (secondary N) is 1. The van der Waals surface area contributed by atoms with Gasteiger partial charge in [0.15, 0.2) is 0 Å². The molecule has 2 heterocycles. The van der Waals surface area contributed by atoms with Crippen LogP contribution in [0.3, 0.4) is 0 Å². The van der Waals surface area contributed by atoms with Gasteiger partial charge < -0.3 is 9.88 Å². The van der Waals surface area contributed by atoms with Crippen molar-refractivity contribution in [2.45, 2.75) is 9.79 Å². The van der Waals surface area contributed by atoms with Crippen LogP contribution >= 0.6 is 23.4 Å². The molecule has 1 aromatic heterocycles. The zero-order valence-electron chi connectivity index (χ0n) is 18.1. The molecule has 1 aliphatic heterocycles. The SMILES string of the molecule is Clc1ccc(-n2cc(-c3cccc4c3Nc3ccccc3S4)c3ccccc32)c2ccccc12. The van der Waals surface area contributed by atoms with Crippen molar-refractivity contribution < 1.29 is 0 Å². The summed E-state index contributed by atoms with van der Waals surface area (Å²) in [6.45, 7) is 0. The van der Waals surface area contributed by atoms with Gasteiger partial charge in [-0.1, -0.05) is 90.1 Å².